The molecule has 2 amide bonds. The molecule has 21 heavy (non-hydrogen) atoms. The Morgan fingerprint density at radius 1 is 1.33 bits per heavy atom. The summed E-state index contributed by atoms with van der Waals surface area (Å²) in [4.78, 5) is 23.6. The van der Waals surface area contributed by atoms with Crippen LogP contribution >= 0.6 is 0 Å². The number of amides is 2. The van der Waals surface area contributed by atoms with Crippen molar-refractivity contribution in [2.75, 3.05) is 13.7 Å². The molecule has 1 rings (SSSR count). The van der Waals surface area contributed by atoms with E-state index in [1.54, 1.807) is 31.3 Å². The number of hydrogen-bond donors (Lipinski definition) is 4. The van der Waals surface area contributed by atoms with Gasteiger partial charge in [-0.15, -0.1) is 0 Å². The van der Waals surface area contributed by atoms with Crippen LogP contribution in [0, 0.1) is 0 Å². The Morgan fingerprint density at radius 3 is 2.43 bits per heavy atom. The summed E-state index contributed by atoms with van der Waals surface area (Å²) in [6, 6.07) is 5.39. The van der Waals surface area contributed by atoms with Gasteiger partial charge in [0.2, 0.25) is 0 Å². The summed E-state index contributed by atoms with van der Waals surface area (Å²) >= 11 is 0. The largest absolute Gasteiger partial charge is 0.494 e. The number of benzene rings is 1. The van der Waals surface area contributed by atoms with Crippen molar-refractivity contribution in [1.29, 1.82) is 0 Å². The minimum Gasteiger partial charge on any atom is -0.494 e. The van der Waals surface area contributed by atoms with Gasteiger partial charge in [0.1, 0.15) is 11.8 Å². The van der Waals surface area contributed by atoms with Crippen molar-refractivity contribution < 1.29 is 19.5 Å². The van der Waals surface area contributed by atoms with E-state index in [0.29, 0.717) is 17.9 Å². The second-order valence-electron chi connectivity index (χ2n) is 4.12. The molecular weight excluding hydrogens is 274 g/mol. The van der Waals surface area contributed by atoms with E-state index in [4.69, 9.17) is 9.94 Å². The minimum absolute atomic E-state index is 0.251. The molecule has 1 atom stereocenters. The van der Waals surface area contributed by atoms with Crippen LogP contribution in [-0.4, -0.2) is 36.7 Å². The molecule has 1 aromatic carbocycles. The standard InChI is InChI=1S/C14H19N3O4/c1-4-21-11-7-5-10(6-8-11)13(18)16-12(9(2)15-3)14(19)17-20/h5-8,12,15,20H,2,4H2,1,3H3,(H,16,18)(H,17,19)/t12-/m0/s1. The van der Waals surface area contributed by atoms with Gasteiger partial charge >= 0.3 is 0 Å². The van der Waals surface area contributed by atoms with E-state index >= 15 is 0 Å². The Kier molecular flexibility index (Phi) is 6.22. The number of carbonyl (C=O) groups is 2. The Balaban J connectivity index is 2.81. The van der Waals surface area contributed by atoms with E-state index < -0.39 is 17.9 Å². The third-order valence-electron chi connectivity index (χ3n) is 2.74. The monoisotopic (exact) mass is 293 g/mol. The molecule has 0 spiro atoms. The van der Waals surface area contributed by atoms with Gasteiger partial charge in [0.15, 0.2) is 0 Å². The lowest BCUT2D eigenvalue weighted by atomic mass is 10.1. The summed E-state index contributed by atoms with van der Waals surface area (Å²) in [5.74, 6) is -0.602. The molecule has 0 saturated heterocycles. The van der Waals surface area contributed by atoms with Crippen LogP contribution in [0.15, 0.2) is 36.5 Å². The van der Waals surface area contributed by atoms with Crippen molar-refractivity contribution in [3.05, 3.63) is 42.1 Å². The highest BCUT2D eigenvalue weighted by Gasteiger charge is 2.23. The number of likely N-dealkylation sites (N-methyl/N-ethyl adjacent to an activating group) is 1. The molecule has 7 heteroatoms. The van der Waals surface area contributed by atoms with Crippen molar-refractivity contribution >= 4 is 11.8 Å². The summed E-state index contributed by atoms with van der Waals surface area (Å²) in [5, 5.41) is 13.8. The molecule has 0 radical (unpaired) electrons. The van der Waals surface area contributed by atoms with Gasteiger partial charge in [-0.1, -0.05) is 6.58 Å². The number of carbonyl (C=O) groups excluding carboxylic acids is 2. The van der Waals surface area contributed by atoms with Crippen LogP contribution in [0.25, 0.3) is 0 Å². The van der Waals surface area contributed by atoms with Gasteiger partial charge in [-0.2, -0.15) is 0 Å². The smallest absolute Gasteiger partial charge is 0.272 e. The van der Waals surface area contributed by atoms with Crippen molar-refractivity contribution in [1.82, 2.24) is 16.1 Å². The minimum atomic E-state index is -1.08. The maximum absolute atomic E-state index is 12.1. The van der Waals surface area contributed by atoms with Gasteiger partial charge in [-0.3, -0.25) is 14.8 Å². The van der Waals surface area contributed by atoms with Crippen LogP contribution in [0.2, 0.25) is 0 Å². The van der Waals surface area contributed by atoms with Gasteiger partial charge < -0.3 is 15.4 Å². The predicted molar refractivity (Wildman–Crippen MR) is 77.0 cm³/mol. The second-order valence-corrected chi connectivity index (χ2v) is 4.12. The first-order chi connectivity index (χ1) is 10.0. The van der Waals surface area contributed by atoms with Crippen LogP contribution in [0.1, 0.15) is 17.3 Å². The molecular formula is C14H19N3O4. The topological polar surface area (TPSA) is 99.7 Å². The van der Waals surface area contributed by atoms with Gasteiger partial charge in [-0.25, -0.2) is 5.48 Å². The molecule has 0 aliphatic rings. The van der Waals surface area contributed by atoms with E-state index in [0.717, 1.165) is 0 Å². The van der Waals surface area contributed by atoms with Crippen LogP contribution in [0.4, 0.5) is 0 Å². The van der Waals surface area contributed by atoms with Crippen molar-refractivity contribution in [2.45, 2.75) is 13.0 Å². The van der Waals surface area contributed by atoms with Crippen molar-refractivity contribution in [3.8, 4) is 5.75 Å². The van der Waals surface area contributed by atoms with Crippen molar-refractivity contribution in [2.24, 2.45) is 0 Å². The fraction of sp³-hybridized carbons (Fsp3) is 0.286. The highest BCUT2D eigenvalue weighted by Crippen LogP contribution is 2.12. The first kappa shape index (κ1) is 16.5. The molecule has 0 fully saturated rings. The molecule has 0 bridgehead atoms. The first-order valence-electron chi connectivity index (χ1n) is 6.37. The summed E-state index contributed by atoms with van der Waals surface area (Å²) in [6.07, 6.45) is 0. The van der Waals surface area contributed by atoms with Gasteiger partial charge in [0.25, 0.3) is 11.8 Å². The maximum atomic E-state index is 12.1. The van der Waals surface area contributed by atoms with Crippen LogP contribution < -0.4 is 20.9 Å². The third kappa shape index (κ3) is 4.50. The molecule has 7 nitrogen and oxygen atoms in total. The van der Waals surface area contributed by atoms with Crippen LogP contribution in [-0.2, 0) is 4.79 Å². The van der Waals surface area contributed by atoms with Crippen LogP contribution in [0.5, 0.6) is 5.75 Å². The van der Waals surface area contributed by atoms with Crippen molar-refractivity contribution in [3.63, 3.8) is 0 Å². The number of rotatable bonds is 7. The quantitative estimate of drug-likeness (QED) is 0.431. The molecule has 0 unspecified atom stereocenters. The average molecular weight is 293 g/mol. The zero-order chi connectivity index (χ0) is 15.8. The Morgan fingerprint density at radius 2 is 1.95 bits per heavy atom. The first-order valence-corrected chi connectivity index (χ1v) is 6.37. The normalized spacial score (nSPS) is 11.2. The van der Waals surface area contributed by atoms with E-state index in [1.807, 2.05) is 6.92 Å². The molecule has 0 aliphatic heterocycles. The lowest BCUT2D eigenvalue weighted by Crippen LogP contribution is -2.49. The molecule has 1 aromatic rings. The molecule has 0 aliphatic carbocycles. The van der Waals surface area contributed by atoms with Gasteiger partial charge in [0.05, 0.1) is 6.61 Å². The Hall–Kier alpha value is -2.54. The number of hydroxylamine groups is 1. The SMILES string of the molecule is C=C(NC)[C@H](NC(=O)c1ccc(OCC)cc1)C(=O)NO. The Bertz CT molecular complexity index is 497. The van der Waals surface area contributed by atoms with Crippen LogP contribution in [0.3, 0.4) is 0 Å². The predicted octanol–water partition coefficient (Wildman–Crippen LogP) is 0.422. The van der Waals surface area contributed by atoms with E-state index in [2.05, 4.69) is 17.2 Å². The number of ether oxygens (including phenoxy) is 1. The fourth-order valence-electron chi connectivity index (χ4n) is 1.60. The zero-order valence-electron chi connectivity index (χ0n) is 12.0. The van der Waals surface area contributed by atoms with Gasteiger partial charge in [0, 0.05) is 18.3 Å². The average Bonchev–Trinajstić information content (AvgIpc) is 2.52. The lowest BCUT2D eigenvalue weighted by Gasteiger charge is -2.18. The molecule has 114 valence electrons. The molecule has 0 aromatic heterocycles. The van der Waals surface area contributed by atoms with E-state index in [-0.39, 0.29) is 5.70 Å². The summed E-state index contributed by atoms with van der Waals surface area (Å²) in [7, 11) is 1.56. The third-order valence-corrected chi connectivity index (χ3v) is 2.74. The zero-order valence-corrected chi connectivity index (χ0v) is 12.0. The summed E-state index contributed by atoms with van der Waals surface area (Å²) in [6.45, 7) is 6.01. The Labute approximate surface area is 122 Å². The highest BCUT2D eigenvalue weighted by molar-refractivity contribution is 5.98. The second kappa shape index (κ2) is 7.91. The summed E-state index contributed by atoms with van der Waals surface area (Å²) < 4.78 is 5.28. The lowest BCUT2D eigenvalue weighted by molar-refractivity contribution is -0.130. The molecule has 4 N–H and O–H groups in total. The maximum Gasteiger partial charge on any atom is 0.272 e. The molecule has 0 heterocycles. The highest BCUT2D eigenvalue weighted by atomic mass is 16.5. The van der Waals surface area contributed by atoms with E-state index in [1.165, 1.54) is 5.48 Å². The number of nitrogens with one attached hydrogen (secondary N) is 3. The van der Waals surface area contributed by atoms with E-state index in [9.17, 15) is 9.59 Å². The van der Waals surface area contributed by atoms with Gasteiger partial charge in [-0.05, 0) is 31.2 Å². The number of hydrogen-bond acceptors (Lipinski definition) is 5. The fourth-order valence-corrected chi connectivity index (χ4v) is 1.60. The molecule has 0 saturated carbocycles. The summed E-state index contributed by atoms with van der Waals surface area (Å²) in [5.41, 5.74) is 2.10.